The van der Waals surface area contributed by atoms with Crippen molar-refractivity contribution in [1.82, 2.24) is 9.55 Å². The van der Waals surface area contributed by atoms with E-state index < -0.39 is 17.2 Å². The first-order valence-electron chi connectivity index (χ1n) is 7.84. The number of hydrogen-bond acceptors (Lipinski definition) is 5. The minimum Gasteiger partial charge on any atom is -0.285 e. The quantitative estimate of drug-likeness (QED) is 0.414. The summed E-state index contributed by atoms with van der Waals surface area (Å²) in [6.45, 7) is 1.99. The summed E-state index contributed by atoms with van der Waals surface area (Å²) in [6, 6.07) is 8.19. The Morgan fingerprint density at radius 2 is 2.04 bits per heavy atom. The zero-order valence-electron chi connectivity index (χ0n) is 13.6. The lowest BCUT2D eigenvalue weighted by molar-refractivity contribution is -0.113. The molecule has 8 heteroatoms. The van der Waals surface area contributed by atoms with E-state index in [2.05, 4.69) is 4.98 Å². The van der Waals surface area contributed by atoms with Crippen molar-refractivity contribution in [1.29, 1.82) is 0 Å². The van der Waals surface area contributed by atoms with Gasteiger partial charge in [0.1, 0.15) is 5.82 Å². The Morgan fingerprint density at radius 1 is 1.23 bits per heavy atom. The van der Waals surface area contributed by atoms with Crippen LogP contribution in [0.15, 0.2) is 41.2 Å². The van der Waals surface area contributed by atoms with Gasteiger partial charge < -0.3 is 0 Å². The molecule has 1 amide bonds. The number of rotatable bonds is 4. The zero-order chi connectivity index (χ0) is 18.4. The van der Waals surface area contributed by atoms with Crippen molar-refractivity contribution in [2.45, 2.75) is 6.92 Å². The lowest BCUT2D eigenvalue weighted by atomic mass is 10.1. The molecule has 0 unspecified atom stereocenters. The smallest absolute Gasteiger partial charge is 0.266 e. The molecule has 0 fully saturated rings. The van der Waals surface area contributed by atoms with Crippen molar-refractivity contribution in [3.05, 3.63) is 64.0 Å². The summed E-state index contributed by atoms with van der Waals surface area (Å²) in [6.07, 6.45) is 0.491. The van der Waals surface area contributed by atoms with Crippen LogP contribution in [0.5, 0.6) is 0 Å². The summed E-state index contributed by atoms with van der Waals surface area (Å²) in [4.78, 5) is 46.1. The molecule has 0 N–H and O–H groups in total. The molecule has 2 heterocycles. The van der Waals surface area contributed by atoms with Gasteiger partial charge in [-0.05, 0) is 43.3 Å². The van der Waals surface area contributed by atoms with Crippen LogP contribution in [0.1, 0.15) is 23.1 Å². The van der Waals surface area contributed by atoms with Crippen LogP contribution in [0, 0.1) is 5.82 Å². The molecule has 130 valence electrons. The number of amides is 1. The predicted octanol–water partition coefficient (Wildman–Crippen LogP) is 1.98. The van der Waals surface area contributed by atoms with E-state index in [1.54, 1.807) is 13.0 Å². The topological polar surface area (TPSA) is 81.5 Å². The second-order valence-electron chi connectivity index (χ2n) is 5.62. The molecule has 1 aromatic heterocycles. The van der Waals surface area contributed by atoms with Crippen LogP contribution in [0.25, 0.3) is 16.6 Å². The standard InChI is InChI=1S/C18H12FN3O4/c1-2-26-21(9-23)11-4-5-14-12(8-11)18(25)22-15-6-3-10(19)7-13(15)16(24)17(22)20-14/h3-9H,2H2,1H3. The van der Waals surface area contributed by atoms with Crippen molar-refractivity contribution < 1.29 is 18.8 Å². The average Bonchev–Trinajstić information content (AvgIpc) is 2.92. The third-order valence-corrected chi connectivity index (χ3v) is 4.12. The number of hydroxylamine groups is 1. The molecule has 7 nitrogen and oxygen atoms in total. The molecule has 0 atom stereocenters. The Bertz CT molecular complexity index is 1140. The van der Waals surface area contributed by atoms with Gasteiger partial charge in [0.2, 0.25) is 12.2 Å². The third-order valence-electron chi connectivity index (χ3n) is 4.12. The van der Waals surface area contributed by atoms with E-state index in [1.165, 1.54) is 24.3 Å². The molecular weight excluding hydrogens is 341 g/mol. The van der Waals surface area contributed by atoms with Crippen LogP contribution < -0.4 is 10.6 Å². The van der Waals surface area contributed by atoms with Gasteiger partial charge in [0.15, 0.2) is 5.82 Å². The number of anilines is 1. The monoisotopic (exact) mass is 353 g/mol. The molecule has 0 radical (unpaired) electrons. The molecule has 26 heavy (non-hydrogen) atoms. The highest BCUT2D eigenvalue weighted by atomic mass is 19.1. The van der Waals surface area contributed by atoms with Crippen molar-refractivity contribution >= 4 is 28.8 Å². The summed E-state index contributed by atoms with van der Waals surface area (Å²) < 4.78 is 14.6. The average molecular weight is 353 g/mol. The molecule has 1 aliphatic heterocycles. The van der Waals surface area contributed by atoms with Gasteiger partial charge in [-0.3, -0.25) is 23.8 Å². The maximum absolute atomic E-state index is 13.5. The first-order valence-corrected chi connectivity index (χ1v) is 7.84. The molecule has 0 spiro atoms. The van der Waals surface area contributed by atoms with E-state index in [0.29, 0.717) is 17.6 Å². The van der Waals surface area contributed by atoms with Gasteiger partial charge in [-0.15, -0.1) is 0 Å². The summed E-state index contributed by atoms with van der Waals surface area (Å²) >= 11 is 0. The summed E-state index contributed by atoms with van der Waals surface area (Å²) in [5.41, 5.74) is 0.557. The number of hydrogen-bond donors (Lipinski definition) is 0. The molecule has 2 aromatic carbocycles. The Balaban J connectivity index is 1.98. The predicted molar refractivity (Wildman–Crippen MR) is 90.9 cm³/mol. The van der Waals surface area contributed by atoms with Gasteiger partial charge in [-0.25, -0.2) is 9.37 Å². The number of aromatic nitrogens is 2. The minimum absolute atomic E-state index is 0.0621. The van der Waals surface area contributed by atoms with Crippen LogP contribution in [0.2, 0.25) is 0 Å². The van der Waals surface area contributed by atoms with Crippen molar-refractivity contribution in [2.75, 3.05) is 11.7 Å². The van der Waals surface area contributed by atoms with E-state index in [4.69, 9.17) is 4.84 Å². The van der Waals surface area contributed by atoms with Crippen molar-refractivity contribution in [2.24, 2.45) is 0 Å². The van der Waals surface area contributed by atoms with Crippen LogP contribution in [0.3, 0.4) is 0 Å². The molecule has 4 rings (SSSR count). The summed E-state index contributed by atoms with van der Waals surface area (Å²) in [7, 11) is 0. The summed E-state index contributed by atoms with van der Waals surface area (Å²) in [5, 5.41) is 1.22. The third kappa shape index (κ3) is 2.23. The normalized spacial score (nSPS) is 12.2. The number of ketones is 1. The van der Waals surface area contributed by atoms with E-state index in [9.17, 15) is 18.8 Å². The van der Waals surface area contributed by atoms with E-state index in [0.717, 1.165) is 15.7 Å². The fraction of sp³-hybridized carbons (Fsp3) is 0.111. The van der Waals surface area contributed by atoms with Crippen molar-refractivity contribution in [3.8, 4) is 5.69 Å². The Labute approximate surface area is 146 Å². The highest BCUT2D eigenvalue weighted by Gasteiger charge is 2.30. The lowest BCUT2D eigenvalue weighted by Crippen LogP contribution is -2.24. The number of carbonyl (C=O) groups excluding carboxylic acids is 2. The minimum atomic E-state index is -0.567. The van der Waals surface area contributed by atoms with Gasteiger partial charge in [-0.2, -0.15) is 5.06 Å². The first kappa shape index (κ1) is 16.1. The maximum Gasteiger partial charge on any atom is 0.266 e. The second-order valence-corrected chi connectivity index (χ2v) is 5.62. The Morgan fingerprint density at radius 3 is 2.77 bits per heavy atom. The molecule has 3 aromatic rings. The van der Waals surface area contributed by atoms with Gasteiger partial charge in [0, 0.05) is 0 Å². The van der Waals surface area contributed by atoms with Crippen LogP contribution in [-0.4, -0.2) is 28.4 Å². The van der Waals surface area contributed by atoms with Gasteiger partial charge in [0.05, 0.1) is 34.4 Å². The fourth-order valence-corrected chi connectivity index (χ4v) is 3.00. The Kier molecular flexibility index (Phi) is 3.62. The highest BCUT2D eigenvalue weighted by molar-refractivity contribution is 6.13. The zero-order valence-corrected chi connectivity index (χ0v) is 13.6. The Hall–Kier alpha value is -3.39. The number of nitrogens with zero attached hydrogens (tertiary/aromatic N) is 3. The molecule has 0 aliphatic carbocycles. The molecule has 0 bridgehead atoms. The highest BCUT2D eigenvalue weighted by Crippen LogP contribution is 2.28. The molecule has 0 saturated carbocycles. The number of carbonyl (C=O) groups is 2. The van der Waals surface area contributed by atoms with E-state index in [1.807, 2.05) is 0 Å². The molecule has 0 saturated heterocycles. The van der Waals surface area contributed by atoms with E-state index >= 15 is 0 Å². The van der Waals surface area contributed by atoms with Gasteiger partial charge >= 0.3 is 0 Å². The SMILES string of the molecule is CCON(C=O)c1ccc2nc3n(c(=O)c2c1)-c1ccc(F)cc1C3=O. The number of halogens is 1. The number of benzene rings is 2. The lowest BCUT2D eigenvalue weighted by Gasteiger charge is -2.16. The van der Waals surface area contributed by atoms with Gasteiger partial charge in [-0.1, -0.05) is 0 Å². The molecule has 1 aliphatic rings. The van der Waals surface area contributed by atoms with Crippen LogP contribution >= 0.6 is 0 Å². The van der Waals surface area contributed by atoms with Gasteiger partial charge in [0.25, 0.3) is 5.56 Å². The maximum atomic E-state index is 13.5. The van der Waals surface area contributed by atoms with Crippen LogP contribution in [-0.2, 0) is 9.63 Å². The second kappa shape index (κ2) is 5.85. The molecular formula is C18H12FN3O4. The van der Waals surface area contributed by atoms with Crippen molar-refractivity contribution in [3.63, 3.8) is 0 Å². The fourth-order valence-electron chi connectivity index (χ4n) is 3.00. The largest absolute Gasteiger partial charge is 0.285 e. The van der Waals surface area contributed by atoms with Crippen LogP contribution in [0.4, 0.5) is 10.1 Å². The number of fused-ring (bicyclic) bond motifs is 4. The van der Waals surface area contributed by atoms with E-state index in [-0.39, 0.29) is 29.1 Å². The summed E-state index contributed by atoms with van der Waals surface area (Å²) in [5.74, 6) is -1.14. The first-order chi connectivity index (χ1) is 12.5.